The van der Waals surface area contributed by atoms with Crippen molar-refractivity contribution in [1.82, 2.24) is 10.2 Å². The van der Waals surface area contributed by atoms with E-state index < -0.39 is 5.54 Å². The van der Waals surface area contributed by atoms with Crippen LogP contribution in [0.15, 0.2) is 0 Å². The topological polar surface area (TPSA) is 58.4 Å². The Morgan fingerprint density at radius 2 is 2.16 bits per heavy atom. The number of hydrogen-bond acceptors (Lipinski definition) is 3. The Balaban J connectivity index is 2.02. The Labute approximate surface area is 117 Å². The number of piperidine rings is 1. The summed E-state index contributed by atoms with van der Waals surface area (Å²) in [6, 6.07) is 0.520. The summed E-state index contributed by atoms with van der Waals surface area (Å²) < 4.78 is 0. The summed E-state index contributed by atoms with van der Waals surface area (Å²) in [6.07, 6.45) is 5.44. The summed E-state index contributed by atoms with van der Waals surface area (Å²) in [7, 11) is 0. The summed E-state index contributed by atoms with van der Waals surface area (Å²) in [5.41, 5.74) is 5.60. The van der Waals surface area contributed by atoms with Crippen molar-refractivity contribution in [2.75, 3.05) is 19.6 Å². The maximum absolute atomic E-state index is 11.8. The maximum Gasteiger partial charge on any atom is 0.237 e. The fourth-order valence-electron chi connectivity index (χ4n) is 3.92. The molecule has 1 amide bonds. The monoisotopic (exact) mass is 267 g/mol. The van der Waals surface area contributed by atoms with Gasteiger partial charge in [0.25, 0.3) is 0 Å². The number of carbonyl (C=O) groups is 1. The summed E-state index contributed by atoms with van der Waals surface area (Å²) in [6.45, 7) is 9.87. The molecule has 2 fully saturated rings. The lowest BCUT2D eigenvalue weighted by Gasteiger charge is -2.41. The van der Waals surface area contributed by atoms with Crippen LogP contribution in [0.25, 0.3) is 0 Å². The SMILES string of the molecule is CCNC1(C(N)=O)CCC(N2CCCC(C)(C)C2)C1. The Hall–Kier alpha value is -0.610. The third kappa shape index (κ3) is 3.11. The van der Waals surface area contributed by atoms with Gasteiger partial charge in [-0.25, -0.2) is 0 Å². The molecule has 0 spiro atoms. The Bertz CT molecular complexity index is 342. The van der Waals surface area contributed by atoms with E-state index in [0.29, 0.717) is 11.5 Å². The van der Waals surface area contributed by atoms with E-state index in [1.165, 1.54) is 19.4 Å². The van der Waals surface area contributed by atoms with Crippen LogP contribution in [-0.2, 0) is 4.79 Å². The number of likely N-dealkylation sites (tertiary alicyclic amines) is 1. The average Bonchev–Trinajstić information content (AvgIpc) is 2.74. The van der Waals surface area contributed by atoms with Crippen LogP contribution in [0.2, 0.25) is 0 Å². The number of nitrogens with zero attached hydrogens (tertiary/aromatic N) is 1. The van der Waals surface area contributed by atoms with E-state index in [2.05, 4.69) is 24.1 Å². The van der Waals surface area contributed by atoms with Crippen LogP contribution < -0.4 is 11.1 Å². The van der Waals surface area contributed by atoms with Gasteiger partial charge >= 0.3 is 0 Å². The highest BCUT2D eigenvalue weighted by Crippen LogP contribution is 2.37. The molecule has 3 N–H and O–H groups in total. The number of carbonyl (C=O) groups excluding carboxylic acids is 1. The van der Waals surface area contributed by atoms with E-state index in [-0.39, 0.29) is 5.91 Å². The zero-order chi connectivity index (χ0) is 14.1. The number of nitrogens with two attached hydrogens (primary N) is 1. The van der Waals surface area contributed by atoms with Crippen molar-refractivity contribution in [1.29, 1.82) is 0 Å². The fourth-order valence-corrected chi connectivity index (χ4v) is 3.92. The standard InChI is InChI=1S/C15H29N3O/c1-4-17-15(13(16)19)8-6-12(10-15)18-9-5-7-14(2,3)11-18/h12,17H,4-11H2,1-3H3,(H2,16,19). The summed E-state index contributed by atoms with van der Waals surface area (Å²) in [4.78, 5) is 14.4. The first-order valence-electron chi connectivity index (χ1n) is 7.67. The third-order valence-electron chi connectivity index (χ3n) is 4.92. The molecule has 0 aromatic heterocycles. The molecule has 2 unspecified atom stereocenters. The van der Waals surface area contributed by atoms with Crippen LogP contribution in [-0.4, -0.2) is 42.0 Å². The van der Waals surface area contributed by atoms with Crippen LogP contribution >= 0.6 is 0 Å². The molecule has 1 saturated heterocycles. The van der Waals surface area contributed by atoms with E-state index >= 15 is 0 Å². The van der Waals surface area contributed by atoms with Gasteiger partial charge in [0, 0.05) is 12.6 Å². The predicted octanol–water partition coefficient (Wildman–Crippen LogP) is 1.49. The van der Waals surface area contributed by atoms with Crippen molar-refractivity contribution >= 4 is 5.91 Å². The molecule has 0 bridgehead atoms. The second kappa shape index (κ2) is 5.41. The molecule has 4 nitrogen and oxygen atoms in total. The van der Waals surface area contributed by atoms with Gasteiger partial charge in [-0.05, 0) is 50.6 Å². The summed E-state index contributed by atoms with van der Waals surface area (Å²) in [5, 5.41) is 3.35. The lowest BCUT2D eigenvalue weighted by atomic mass is 9.83. The van der Waals surface area contributed by atoms with Gasteiger partial charge in [-0.3, -0.25) is 9.69 Å². The first-order chi connectivity index (χ1) is 8.88. The smallest absolute Gasteiger partial charge is 0.237 e. The molecule has 1 aliphatic heterocycles. The number of primary amides is 1. The van der Waals surface area contributed by atoms with Gasteiger partial charge in [-0.2, -0.15) is 0 Å². The van der Waals surface area contributed by atoms with Crippen LogP contribution in [0.1, 0.15) is 52.9 Å². The van der Waals surface area contributed by atoms with Gasteiger partial charge in [0.1, 0.15) is 0 Å². The molecule has 2 aliphatic rings. The van der Waals surface area contributed by atoms with Crippen molar-refractivity contribution in [3.8, 4) is 0 Å². The van der Waals surface area contributed by atoms with E-state index in [0.717, 1.165) is 32.4 Å². The molecule has 1 aliphatic carbocycles. The van der Waals surface area contributed by atoms with Gasteiger partial charge in [-0.1, -0.05) is 20.8 Å². The zero-order valence-corrected chi connectivity index (χ0v) is 12.7. The summed E-state index contributed by atoms with van der Waals surface area (Å²) in [5.74, 6) is -0.173. The molecule has 19 heavy (non-hydrogen) atoms. The average molecular weight is 267 g/mol. The molecule has 2 atom stereocenters. The molecular weight excluding hydrogens is 238 g/mol. The molecule has 1 heterocycles. The number of nitrogens with one attached hydrogen (secondary N) is 1. The van der Waals surface area contributed by atoms with E-state index in [9.17, 15) is 4.79 Å². The van der Waals surface area contributed by atoms with Gasteiger partial charge in [-0.15, -0.1) is 0 Å². The normalized spacial score (nSPS) is 35.4. The first-order valence-corrected chi connectivity index (χ1v) is 7.67. The van der Waals surface area contributed by atoms with Gasteiger partial charge in [0.2, 0.25) is 5.91 Å². The Morgan fingerprint density at radius 1 is 1.42 bits per heavy atom. The van der Waals surface area contributed by atoms with Crippen LogP contribution in [0.4, 0.5) is 0 Å². The Kier molecular flexibility index (Phi) is 4.21. The lowest BCUT2D eigenvalue weighted by molar-refractivity contribution is -0.124. The quantitative estimate of drug-likeness (QED) is 0.811. The van der Waals surface area contributed by atoms with Crippen LogP contribution in [0, 0.1) is 5.41 Å². The molecule has 2 rings (SSSR count). The molecule has 4 heteroatoms. The molecular formula is C15H29N3O. The van der Waals surface area contributed by atoms with Crippen molar-refractivity contribution in [3.05, 3.63) is 0 Å². The number of likely N-dealkylation sites (N-methyl/N-ethyl adjacent to an activating group) is 1. The fraction of sp³-hybridized carbons (Fsp3) is 0.933. The van der Waals surface area contributed by atoms with Crippen molar-refractivity contribution in [2.45, 2.75) is 64.5 Å². The maximum atomic E-state index is 11.8. The second-order valence-electron chi connectivity index (χ2n) is 7.11. The minimum atomic E-state index is -0.457. The highest BCUT2D eigenvalue weighted by Gasteiger charge is 2.46. The minimum Gasteiger partial charge on any atom is -0.368 e. The molecule has 0 radical (unpaired) electrons. The van der Waals surface area contributed by atoms with E-state index in [4.69, 9.17) is 5.73 Å². The molecule has 110 valence electrons. The van der Waals surface area contributed by atoms with E-state index in [1.54, 1.807) is 0 Å². The van der Waals surface area contributed by atoms with Gasteiger partial charge < -0.3 is 11.1 Å². The molecule has 1 saturated carbocycles. The zero-order valence-electron chi connectivity index (χ0n) is 12.7. The largest absolute Gasteiger partial charge is 0.368 e. The summed E-state index contributed by atoms with van der Waals surface area (Å²) >= 11 is 0. The second-order valence-corrected chi connectivity index (χ2v) is 7.11. The molecule has 0 aromatic carbocycles. The predicted molar refractivity (Wildman–Crippen MR) is 77.8 cm³/mol. The van der Waals surface area contributed by atoms with Gasteiger partial charge in [0.15, 0.2) is 0 Å². The van der Waals surface area contributed by atoms with E-state index in [1.807, 2.05) is 6.92 Å². The Morgan fingerprint density at radius 3 is 2.74 bits per heavy atom. The minimum absolute atomic E-state index is 0.173. The van der Waals surface area contributed by atoms with Crippen molar-refractivity contribution in [2.24, 2.45) is 11.1 Å². The third-order valence-corrected chi connectivity index (χ3v) is 4.92. The highest BCUT2D eigenvalue weighted by atomic mass is 16.1. The lowest BCUT2D eigenvalue weighted by Crippen LogP contribution is -2.55. The molecule has 0 aromatic rings. The van der Waals surface area contributed by atoms with Crippen LogP contribution in [0.5, 0.6) is 0 Å². The first kappa shape index (κ1) is 14.8. The number of hydrogen-bond donors (Lipinski definition) is 2. The number of rotatable bonds is 4. The van der Waals surface area contributed by atoms with Gasteiger partial charge in [0.05, 0.1) is 5.54 Å². The highest BCUT2D eigenvalue weighted by molar-refractivity contribution is 5.85. The van der Waals surface area contributed by atoms with Crippen molar-refractivity contribution in [3.63, 3.8) is 0 Å². The number of amides is 1. The van der Waals surface area contributed by atoms with Crippen molar-refractivity contribution < 1.29 is 4.79 Å². The van der Waals surface area contributed by atoms with Crippen LogP contribution in [0.3, 0.4) is 0 Å².